The minimum absolute atomic E-state index is 0.175. The van der Waals surface area contributed by atoms with Gasteiger partial charge in [-0.25, -0.2) is 4.79 Å². The third-order valence-electron chi connectivity index (χ3n) is 6.36. The van der Waals surface area contributed by atoms with Crippen molar-refractivity contribution in [3.63, 3.8) is 0 Å². The Kier molecular flexibility index (Phi) is 6.88. The van der Waals surface area contributed by atoms with Gasteiger partial charge in [-0.1, -0.05) is 30.3 Å². The van der Waals surface area contributed by atoms with Gasteiger partial charge in [-0.15, -0.1) is 0 Å². The fourth-order valence-electron chi connectivity index (χ4n) is 4.09. The third kappa shape index (κ3) is 5.47. The molecule has 2 atom stereocenters. The lowest BCUT2D eigenvalue weighted by Gasteiger charge is -2.24. The first-order chi connectivity index (χ1) is 15.9. The Hall–Kier alpha value is -3.06. The number of carbonyl (C=O) groups is 2. The normalized spacial score (nSPS) is 20.8. The number of nitrogens with one attached hydrogen (secondary N) is 1. The Morgan fingerprint density at radius 1 is 1.18 bits per heavy atom. The van der Waals surface area contributed by atoms with Gasteiger partial charge in [0.15, 0.2) is 0 Å². The molecule has 1 amide bonds. The molecule has 1 heterocycles. The Morgan fingerprint density at radius 3 is 2.52 bits per heavy atom. The van der Waals surface area contributed by atoms with Crippen molar-refractivity contribution in [3.05, 3.63) is 48.0 Å². The highest BCUT2D eigenvalue weighted by Gasteiger charge is 2.39. The lowest BCUT2D eigenvalue weighted by Crippen LogP contribution is -2.51. The molecular weight excluding hydrogens is 422 g/mol. The smallest absolute Gasteiger partial charge is 0.326 e. The SMILES string of the molecule is COc1cccc(OCC2CC2)c1-c1ccc(C[C@H](NC(=O)[C@@]2(C)CCCO2)C(=O)O)cc1. The zero-order valence-corrected chi connectivity index (χ0v) is 19.1. The third-order valence-corrected chi connectivity index (χ3v) is 6.36. The summed E-state index contributed by atoms with van der Waals surface area (Å²) in [5, 5.41) is 12.3. The average molecular weight is 454 g/mol. The van der Waals surface area contributed by atoms with Gasteiger partial charge in [-0.05, 0) is 61.8 Å². The lowest BCUT2D eigenvalue weighted by molar-refractivity contribution is -0.147. The maximum Gasteiger partial charge on any atom is 0.326 e. The summed E-state index contributed by atoms with van der Waals surface area (Å²) in [5.41, 5.74) is 1.64. The fourth-order valence-corrected chi connectivity index (χ4v) is 4.09. The van der Waals surface area contributed by atoms with Crippen molar-refractivity contribution >= 4 is 11.9 Å². The van der Waals surface area contributed by atoms with E-state index in [1.165, 1.54) is 12.8 Å². The van der Waals surface area contributed by atoms with Gasteiger partial charge in [0.05, 0.1) is 19.3 Å². The predicted molar refractivity (Wildman–Crippen MR) is 124 cm³/mol. The summed E-state index contributed by atoms with van der Waals surface area (Å²) in [6.45, 7) is 2.92. The summed E-state index contributed by atoms with van der Waals surface area (Å²) >= 11 is 0. The Bertz CT molecular complexity index is 992. The van der Waals surface area contributed by atoms with Crippen LogP contribution in [0.15, 0.2) is 42.5 Å². The standard InChI is InChI=1S/C26H31NO6/c1-26(13-4-14-33-26)25(30)27-20(24(28)29)15-17-9-11-19(12-10-17)23-21(31-2)5-3-6-22(23)32-16-18-7-8-18/h3,5-6,9-12,18,20H,4,7-8,13-16H2,1-2H3,(H,27,30)(H,28,29)/t20-,26+/m0/s1. The van der Waals surface area contributed by atoms with E-state index >= 15 is 0 Å². The van der Waals surface area contributed by atoms with Gasteiger partial charge in [-0.3, -0.25) is 4.79 Å². The molecule has 0 unspecified atom stereocenters. The number of rotatable bonds is 10. The second-order valence-corrected chi connectivity index (χ2v) is 9.04. The first kappa shape index (κ1) is 23.1. The maximum atomic E-state index is 12.6. The molecule has 1 aliphatic carbocycles. The Labute approximate surface area is 194 Å². The van der Waals surface area contributed by atoms with Crippen LogP contribution in [0.5, 0.6) is 11.5 Å². The van der Waals surface area contributed by atoms with Crippen LogP contribution >= 0.6 is 0 Å². The number of carboxylic acids is 1. The molecule has 1 aliphatic heterocycles. The van der Waals surface area contributed by atoms with E-state index in [0.717, 1.165) is 34.6 Å². The van der Waals surface area contributed by atoms with Crippen LogP contribution in [-0.2, 0) is 20.7 Å². The molecule has 2 fully saturated rings. The molecule has 2 aromatic rings. The topological polar surface area (TPSA) is 94.1 Å². The summed E-state index contributed by atoms with van der Waals surface area (Å²) in [6.07, 6.45) is 3.97. The molecule has 0 radical (unpaired) electrons. The molecular formula is C26H31NO6. The highest BCUT2D eigenvalue weighted by atomic mass is 16.5. The predicted octanol–water partition coefficient (Wildman–Crippen LogP) is 3.83. The van der Waals surface area contributed by atoms with E-state index in [0.29, 0.717) is 25.6 Å². The zero-order valence-electron chi connectivity index (χ0n) is 19.1. The van der Waals surface area contributed by atoms with E-state index < -0.39 is 17.6 Å². The molecule has 33 heavy (non-hydrogen) atoms. The average Bonchev–Trinajstić information content (AvgIpc) is 3.55. The van der Waals surface area contributed by atoms with Gasteiger partial charge in [0.1, 0.15) is 23.1 Å². The molecule has 1 saturated heterocycles. The molecule has 7 heteroatoms. The first-order valence-electron chi connectivity index (χ1n) is 11.5. The van der Waals surface area contributed by atoms with Crippen LogP contribution in [0.2, 0.25) is 0 Å². The van der Waals surface area contributed by atoms with Gasteiger partial charge < -0.3 is 24.6 Å². The Balaban J connectivity index is 1.49. The monoisotopic (exact) mass is 453 g/mol. The van der Waals surface area contributed by atoms with Crippen molar-refractivity contribution in [1.29, 1.82) is 0 Å². The number of methoxy groups -OCH3 is 1. The minimum atomic E-state index is -1.07. The van der Waals surface area contributed by atoms with Crippen LogP contribution in [0.1, 0.15) is 38.2 Å². The van der Waals surface area contributed by atoms with E-state index in [1.54, 1.807) is 14.0 Å². The van der Waals surface area contributed by atoms with Crippen LogP contribution in [-0.4, -0.2) is 48.9 Å². The molecule has 2 aliphatic rings. The van der Waals surface area contributed by atoms with Gasteiger partial charge in [-0.2, -0.15) is 0 Å². The van der Waals surface area contributed by atoms with E-state index in [1.807, 2.05) is 42.5 Å². The molecule has 1 saturated carbocycles. The number of hydrogen-bond donors (Lipinski definition) is 2. The molecule has 0 aromatic heterocycles. The number of benzene rings is 2. The summed E-state index contributed by atoms with van der Waals surface area (Å²) in [4.78, 5) is 24.4. The van der Waals surface area contributed by atoms with Crippen molar-refractivity contribution < 1.29 is 28.9 Å². The quantitative estimate of drug-likeness (QED) is 0.568. The summed E-state index contributed by atoms with van der Waals surface area (Å²) in [7, 11) is 1.63. The van der Waals surface area contributed by atoms with Crippen LogP contribution in [0.25, 0.3) is 11.1 Å². The molecule has 4 rings (SSSR count). The van der Waals surface area contributed by atoms with E-state index in [-0.39, 0.29) is 12.3 Å². The molecule has 2 N–H and O–H groups in total. The molecule has 0 bridgehead atoms. The zero-order chi connectivity index (χ0) is 23.4. The fraction of sp³-hybridized carbons (Fsp3) is 0.462. The van der Waals surface area contributed by atoms with Crippen LogP contribution < -0.4 is 14.8 Å². The lowest BCUT2D eigenvalue weighted by atomic mass is 9.98. The van der Waals surface area contributed by atoms with E-state index in [2.05, 4.69) is 5.32 Å². The van der Waals surface area contributed by atoms with Crippen molar-refractivity contribution in [1.82, 2.24) is 5.32 Å². The van der Waals surface area contributed by atoms with Gasteiger partial charge >= 0.3 is 5.97 Å². The van der Waals surface area contributed by atoms with Gasteiger partial charge in [0, 0.05) is 13.0 Å². The second-order valence-electron chi connectivity index (χ2n) is 9.04. The van der Waals surface area contributed by atoms with Gasteiger partial charge in [0.2, 0.25) is 0 Å². The minimum Gasteiger partial charge on any atom is -0.496 e. The maximum absolute atomic E-state index is 12.6. The number of carbonyl (C=O) groups excluding carboxylic acids is 1. The van der Waals surface area contributed by atoms with Crippen molar-refractivity contribution in [2.75, 3.05) is 20.3 Å². The number of amides is 1. The van der Waals surface area contributed by atoms with Crippen LogP contribution in [0.3, 0.4) is 0 Å². The van der Waals surface area contributed by atoms with Crippen LogP contribution in [0, 0.1) is 5.92 Å². The summed E-state index contributed by atoms with van der Waals surface area (Å²) in [5.74, 6) is 0.669. The number of hydrogen-bond acceptors (Lipinski definition) is 5. The molecule has 176 valence electrons. The highest BCUT2D eigenvalue weighted by molar-refractivity contribution is 5.89. The largest absolute Gasteiger partial charge is 0.496 e. The number of carboxylic acid groups (broad SMARTS) is 1. The van der Waals surface area contributed by atoms with E-state index in [9.17, 15) is 14.7 Å². The first-order valence-corrected chi connectivity index (χ1v) is 11.5. The number of aliphatic carboxylic acids is 1. The van der Waals surface area contributed by atoms with Crippen LogP contribution in [0.4, 0.5) is 0 Å². The van der Waals surface area contributed by atoms with E-state index in [4.69, 9.17) is 14.2 Å². The molecule has 2 aromatic carbocycles. The highest BCUT2D eigenvalue weighted by Crippen LogP contribution is 2.40. The van der Waals surface area contributed by atoms with Gasteiger partial charge in [0.25, 0.3) is 5.91 Å². The summed E-state index contributed by atoms with van der Waals surface area (Å²) < 4.78 is 17.2. The number of ether oxygens (including phenoxy) is 3. The van der Waals surface area contributed by atoms with Crippen molar-refractivity contribution in [2.45, 2.75) is 50.7 Å². The molecule has 0 spiro atoms. The van der Waals surface area contributed by atoms with Crippen molar-refractivity contribution in [2.24, 2.45) is 5.92 Å². The second kappa shape index (κ2) is 9.83. The van der Waals surface area contributed by atoms with Crippen molar-refractivity contribution in [3.8, 4) is 22.6 Å². The molecule has 7 nitrogen and oxygen atoms in total. The summed E-state index contributed by atoms with van der Waals surface area (Å²) in [6, 6.07) is 12.3. The Morgan fingerprint density at radius 2 is 1.91 bits per heavy atom.